The van der Waals surface area contributed by atoms with Crippen LogP contribution in [0.2, 0.25) is 0 Å². The molecule has 8 heteroatoms. The van der Waals surface area contributed by atoms with Crippen molar-refractivity contribution in [1.82, 2.24) is 9.62 Å². The van der Waals surface area contributed by atoms with Gasteiger partial charge in [0.2, 0.25) is 10.0 Å². The van der Waals surface area contributed by atoms with Gasteiger partial charge in [-0.15, -0.1) is 0 Å². The molecule has 1 saturated heterocycles. The lowest BCUT2D eigenvalue weighted by atomic mass is 10.2. The molecule has 1 aliphatic heterocycles. The van der Waals surface area contributed by atoms with Crippen LogP contribution < -0.4 is 9.46 Å². The van der Waals surface area contributed by atoms with Gasteiger partial charge in [0.15, 0.2) is 6.10 Å². The van der Waals surface area contributed by atoms with Crippen LogP contribution in [0, 0.1) is 0 Å². The molecule has 0 spiro atoms. The van der Waals surface area contributed by atoms with Crippen molar-refractivity contribution in [3.8, 4) is 5.75 Å². The molecule has 28 heavy (non-hydrogen) atoms. The van der Waals surface area contributed by atoms with Gasteiger partial charge < -0.3 is 14.4 Å². The summed E-state index contributed by atoms with van der Waals surface area (Å²) in [6.07, 6.45) is -0.656. The third-order valence-electron chi connectivity index (χ3n) is 4.43. The summed E-state index contributed by atoms with van der Waals surface area (Å²) < 4.78 is 38.4. The summed E-state index contributed by atoms with van der Waals surface area (Å²) in [6.45, 7) is 4.06. The van der Waals surface area contributed by atoms with Crippen LogP contribution in [0.25, 0.3) is 0 Å². The Balaban J connectivity index is 1.58. The molecule has 0 saturated carbocycles. The monoisotopic (exact) mass is 404 g/mol. The number of benzene rings is 2. The number of sulfonamides is 1. The smallest absolute Gasteiger partial charge is 0.263 e. The molecule has 1 fully saturated rings. The van der Waals surface area contributed by atoms with Crippen LogP contribution in [0.5, 0.6) is 5.75 Å². The average Bonchev–Trinajstić information content (AvgIpc) is 2.73. The first-order chi connectivity index (χ1) is 13.5. The maximum Gasteiger partial charge on any atom is 0.263 e. The quantitative estimate of drug-likeness (QED) is 0.761. The first-order valence-corrected chi connectivity index (χ1v) is 10.6. The van der Waals surface area contributed by atoms with Gasteiger partial charge in [-0.3, -0.25) is 4.79 Å². The lowest BCUT2D eigenvalue weighted by Gasteiger charge is -2.29. The molecule has 1 heterocycles. The van der Waals surface area contributed by atoms with Gasteiger partial charge >= 0.3 is 0 Å². The molecule has 1 aliphatic rings. The number of nitrogens with zero attached hydrogens (tertiary/aromatic N) is 1. The highest BCUT2D eigenvalue weighted by Gasteiger charge is 2.24. The second-order valence-electron chi connectivity index (χ2n) is 6.48. The van der Waals surface area contributed by atoms with Crippen LogP contribution >= 0.6 is 0 Å². The largest absolute Gasteiger partial charge is 0.481 e. The number of hydrogen-bond acceptors (Lipinski definition) is 5. The van der Waals surface area contributed by atoms with Crippen LogP contribution in [0.1, 0.15) is 12.5 Å². The molecule has 2 aromatic rings. The number of hydrogen-bond donors (Lipinski definition) is 1. The zero-order valence-electron chi connectivity index (χ0n) is 15.7. The lowest BCUT2D eigenvalue weighted by Crippen LogP contribution is -2.46. The highest BCUT2D eigenvalue weighted by Crippen LogP contribution is 2.18. The maximum absolute atomic E-state index is 12.4. The molecular formula is C20H24N2O5S. The van der Waals surface area contributed by atoms with Gasteiger partial charge in [-0.25, -0.2) is 13.1 Å². The molecule has 0 bridgehead atoms. The van der Waals surface area contributed by atoms with Crippen LogP contribution in [0.3, 0.4) is 0 Å². The first-order valence-electron chi connectivity index (χ1n) is 9.12. The summed E-state index contributed by atoms with van der Waals surface area (Å²) in [6, 6.07) is 15.3. The summed E-state index contributed by atoms with van der Waals surface area (Å²) in [5.74, 6) is 0.334. The van der Waals surface area contributed by atoms with E-state index in [1.54, 1.807) is 24.0 Å². The van der Waals surface area contributed by atoms with Gasteiger partial charge in [-0.1, -0.05) is 30.3 Å². The van der Waals surface area contributed by atoms with E-state index in [9.17, 15) is 13.2 Å². The number of rotatable bonds is 7. The number of amides is 1. The van der Waals surface area contributed by atoms with Crippen molar-refractivity contribution in [2.75, 3.05) is 26.3 Å². The number of morpholine rings is 1. The summed E-state index contributed by atoms with van der Waals surface area (Å²) >= 11 is 0. The molecule has 1 N–H and O–H groups in total. The first kappa shape index (κ1) is 20.3. The fourth-order valence-corrected chi connectivity index (χ4v) is 3.87. The molecule has 3 rings (SSSR count). The van der Waals surface area contributed by atoms with Gasteiger partial charge in [-0.05, 0) is 36.8 Å². The van der Waals surface area contributed by atoms with E-state index in [1.807, 2.05) is 30.3 Å². The molecule has 150 valence electrons. The highest BCUT2D eigenvalue weighted by molar-refractivity contribution is 7.89. The van der Waals surface area contributed by atoms with Gasteiger partial charge in [0, 0.05) is 19.6 Å². The number of nitrogens with one attached hydrogen (secondary N) is 1. The molecule has 7 nitrogen and oxygen atoms in total. The molecule has 0 aliphatic carbocycles. The molecule has 0 unspecified atom stereocenters. The predicted octanol–water partition coefficient (Wildman–Crippen LogP) is 1.79. The summed E-state index contributed by atoms with van der Waals surface area (Å²) in [4.78, 5) is 14.2. The predicted molar refractivity (Wildman–Crippen MR) is 104 cm³/mol. The van der Waals surface area contributed by atoms with Gasteiger partial charge in [0.05, 0.1) is 18.1 Å². The SMILES string of the molecule is C[C@@H](Oc1ccc(S(=O)(=O)NCc2ccccc2)cc1)C(=O)N1CCOCC1. The Morgan fingerprint density at radius 2 is 1.75 bits per heavy atom. The molecule has 0 aromatic heterocycles. The van der Waals surface area contributed by atoms with E-state index in [0.717, 1.165) is 5.56 Å². The molecule has 0 radical (unpaired) electrons. The van der Waals surface area contributed by atoms with E-state index in [-0.39, 0.29) is 17.3 Å². The van der Waals surface area contributed by atoms with Crippen LogP contribution in [0.15, 0.2) is 59.5 Å². The topological polar surface area (TPSA) is 84.9 Å². The Kier molecular flexibility index (Phi) is 6.66. The minimum absolute atomic E-state index is 0.107. The summed E-state index contributed by atoms with van der Waals surface area (Å²) in [5, 5.41) is 0. The lowest BCUT2D eigenvalue weighted by molar-refractivity contribution is -0.142. The Morgan fingerprint density at radius 1 is 1.11 bits per heavy atom. The zero-order valence-corrected chi connectivity index (χ0v) is 16.5. The van der Waals surface area contributed by atoms with Crippen molar-refractivity contribution in [3.05, 3.63) is 60.2 Å². The third-order valence-corrected chi connectivity index (χ3v) is 5.84. The summed E-state index contributed by atoms with van der Waals surface area (Å²) in [5.41, 5.74) is 0.876. The molecule has 2 aromatic carbocycles. The standard InChI is InChI=1S/C20H24N2O5S/c1-16(20(23)22-11-13-26-14-12-22)27-18-7-9-19(10-8-18)28(24,25)21-15-17-5-3-2-4-6-17/h2-10,16,21H,11-15H2,1H3/t16-/m1/s1. The van der Waals surface area contributed by atoms with Gasteiger partial charge in [0.25, 0.3) is 5.91 Å². The third kappa shape index (κ3) is 5.31. The van der Waals surface area contributed by atoms with Crippen molar-refractivity contribution < 1.29 is 22.7 Å². The fourth-order valence-electron chi connectivity index (χ4n) is 2.85. The van der Waals surface area contributed by atoms with E-state index < -0.39 is 16.1 Å². The van der Waals surface area contributed by atoms with Crippen LogP contribution in [0.4, 0.5) is 0 Å². The molecule has 1 atom stereocenters. The molecular weight excluding hydrogens is 380 g/mol. The number of carbonyl (C=O) groups is 1. The molecule has 1 amide bonds. The normalized spacial score (nSPS) is 15.8. The minimum atomic E-state index is -3.63. The van der Waals surface area contributed by atoms with Gasteiger partial charge in [-0.2, -0.15) is 0 Å². The maximum atomic E-state index is 12.4. The van der Waals surface area contributed by atoms with E-state index in [1.165, 1.54) is 12.1 Å². The van der Waals surface area contributed by atoms with Crippen molar-refractivity contribution in [2.45, 2.75) is 24.5 Å². The van der Waals surface area contributed by atoms with Gasteiger partial charge in [0.1, 0.15) is 5.75 Å². The highest BCUT2D eigenvalue weighted by atomic mass is 32.2. The van der Waals surface area contributed by atoms with E-state index in [0.29, 0.717) is 32.1 Å². The van der Waals surface area contributed by atoms with Crippen molar-refractivity contribution >= 4 is 15.9 Å². The Bertz CT molecular complexity index is 879. The van der Waals surface area contributed by atoms with Crippen LogP contribution in [-0.4, -0.2) is 51.6 Å². The zero-order chi connectivity index (χ0) is 20.0. The van der Waals surface area contributed by atoms with Crippen molar-refractivity contribution in [1.29, 1.82) is 0 Å². The number of ether oxygens (including phenoxy) is 2. The second-order valence-corrected chi connectivity index (χ2v) is 8.25. The van der Waals surface area contributed by atoms with Crippen molar-refractivity contribution in [3.63, 3.8) is 0 Å². The minimum Gasteiger partial charge on any atom is -0.481 e. The fraction of sp³-hybridized carbons (Fsp3) is 0.350. The van der Waals surface area contributed by atoms with Crippen LogP contribution in [-0.2, 0) is 26.1 Å². The van der Waals surface area contributed by atoms with E-state index in [2.05, 4.69) is 4.72 Å². The Hall–Kier alpha value is -2.42. The van der Waals surface area contributed by atoms with Crippen molar-refractivity contribution in [2.24, 2.45) is 0 Å². The Labute approximate surface area is 165 Å². The number of carbonyl (C=O) groups excluding carboxylic acids is 1. The average molecular weight is 404 g/mol. The van der Waals surface area contributed by atoms with E-state index in [4.69, 9.17) is 9.47 Å². The summed E-state index contributed by atoms with van der Waals surface area (Å²) in [7, 11) is -3.63. The second kappa shape index (κ2) is 9.18. The van der Waals surface area contributed by atoms with E-state index >= 15 is 0 Å². The Morgan fingerprint density at radius 3 is 2.39 bits per heavy atom.